The SMILES string of the molecule is CC(C)c1ccnc(N(C)[C@@H]2CCN(Cc3ccccc3)C2)c1C(=O)O.Cl. The van der Waals surface area contributed by atoms with Crippen LogP contribution >= 0.6 is 12.4 Å². The van der Waals surface area contributed by atoms with Gasteiger partial charge < -0.3 is 10.0 Å². The highest BCUT2D eigenvalue weighted by molar-refractivity contribution is 5.95. The fraction of sp³-hybridized carbons (Fsp3) is 0.429. The lowest BCUT2D eigenvalue weighted by Gasteiger charge is -2.28. The first-order valence-corrected chi connectivity index (χ1v) is 9.18. The summed E-state index contributed by atoms with van der Waals surface area (Å²) in [5.74, 6) is -0.174. The summed E-state index contributed by atoms with van der Waals surface area (Å²) >= 11 is 0. The molecule has 1 aliphatic rings. The standard InChI is InChI=1S/C21H27N3O2.ClH/c1-15(2)18-9-11-22-20(19(18)21(25)26)23(3)17-10-12-24(14-17)13-16-7-5-4-6-8-16;/h4-9,11,15,17H,10,12-14H2,1-3H3,(H,25,26);1H/t17-;/m1./s1. The summed E-state index contributed by atoms with van der Waals surface area (Å²) in [7, 11) is 1.97. The number of nitrogens with zero attached hydrogens (tertiary/aromatic N) is 3. The van der Waals surface area contributed by atoms with E-state index >= 15 is 0 Å². The molecular formula is C21H28ClN3O2. The van der Waals surface area contributed by atoms with Gasteiger partial charge in [0.2, 0.25) is 0 Å². The second-order valence-electron chi connectivity index (χ2n) is 7.33. The Bertz CT molecular complexity index is 767. The van der Waals surface area contributed by atoms with Gasteiger partial charge >= 0.3 is 5.97 Å². The Kier molecular flexibility index (Phi) is 7.22. The normalized spacial score (nSPS) is 17.0. The fourth-order valence-electron chi connectivity index (χ4n) is 3.72. The van der Waals surface area contributed by atoms with Gasteiger partial charge in [-0.2, -0.15) is 0 Å². The maximum Gasteiger partial charge on any atom is 0.339 e. The molecule has 0 bridgehead atoms. The average Bonchev–Trinajstić information content (AvgIpc) is 3.09. The summed E-state index contributed by atoms with van der Waals surface area (Å²) in [5.41, 5.74) is 2.49. The van der Waals surface area contributed by atoms with Crippen molar-refractivity contribution >= 4 is 24.2 Å². The molecule has 1 aromatic carbocycles. The first-order chi connectivity index (χ1) is 12.5. The Balaban J connectivity index is 0.00000261. The van der Waals surface area contributed by atoms with Gasteiger partial charge in [0.1, 0.15) is 11.4 Å². The molecule has 0 unspecified atom stereocenters. The highest BCUT2D eigenvalue weighted by Gasteiger charge is 2.30. The predicted molar refractivity (Wildman–Crippen MR) is 111 cm³/mol. The van der Waals surface area contributed by atoms with E-state index in [2.05, 4.69) is 39.0 Å². The number of carboxylic acid groups (broad SMARTS) is 1. The molecule has 1 N–H and O–H groups in total. The number of hydrogen-bond acceptors (Lipinski definition) is 4. The summed E-state index contributed by atoms with van der Waals surface area (Å²) in [6, 6.07) is 12.5. The van der Waals surface area contributed by atoms with Crippen LogP contribution in [0.25, 0.3) is 0 Å². The lowest BCUT2D eigenvalue weighted by Crippen LogP contribution is -2.36. The zero-order valence-corrected chi connectivity index (χ0v) is 16.9. The van der Waals surface area contributed by atoms with Crippen molar-refractivity contribution in [2.75, 3.05) is 25.0 Å². The number of halogens is 1. The van der Waals surface area contributed by atoms with E-state index in [0.29, 0.717) is 11.4 Å². The van der Waals surface area contributed by atoms with Crippen LogP contribution in [0.15, 0.2) is 42.6 Å². The maximum atomic E-state index is 11.9. The third-order valence-corrected chi connectivity index (χ3v) is 5.18. The van der Waals surface area contributed by atoms with Crippen LogP contribution in [0.3, 0.4) is 0 Å². The monoisotopic (exact) mass is 389 g/mol. The van der Waals surface area contributed by atoms with Crippen LogP contribution in [0.2, 0.25) is 0 Å². The second kappa shape index (κ2) is 9.20. The molecule has 27 heavy (non-hydrogen) atoms. The van der Waals surface area contributed by atoms with Crippen molar-refractivity contribution in [2.45, 2.75) is 38.8 Å². The molecule has 1 aromatic heterocycles. The molecule has 2 heterocycles. The third kappa shape index (κ3) is 4.79. The molecule has 1 fully saturated rings. The van der Waals surface area contributed by atoms with Crippen molar-refractivity contribution in [3.8, 4) is 0 Å². The number of pyridine rings is 1. The van der Waals surface area contributed by atoms with Gasteiger partial charge in [-0.25, -0.2) is 9.78 Å². The van der Waals surface area contributed by atoms with E-state index in [0.717, 1.165) is 31.6 Å². The Morgan fingerprint density at radius 3 is 2.63 bits per heavy atom. The molecule has 0 amide bonds. The Hall–Kier alpha value is -2.11. The van der Waals surface area contributed by atoms with Crippen LogP contribution in [-0.4, -0.2) is 47.1 Å². The number of carboxylic acids is 1. The highest BCUT2D eigenvalue weighted by atomic mass is 35.5. The minimum Gasteiger partial charge on any atom is -0.478 e. The zero-order chi connectivity index (χ0) is 18.7. The lowest BCUT2D eigenvalue weighted by atomic mass is 9.98. The third-order valence-electron chi connectivity index (χ3n) is 5.18. The number of likely N-dealkylation sites (tertiary alicyclic amines) is 1. The molecular weight excluding hydrogens is 362 g/mol. The first kappa shape index (κ1) is 21.2. The van der Waals surface area contributed by atoms with Crippen LogP contribution < -0.4 is 4.90 Å². The van der Waals surface area contributed by atoms with Crippen molar-refractivity contribution in [1.82, 2.24) is 9.88 Å². The summed E-state index contributed by atoms with van der Waals surface area (Å²) in [5, 5.41) is 9.76. The quantitative estimate of drug-likeness (QED) is 0.808. The summed E-state index contributed by atoms with van der Waals surface area (Å²) in [6.45, 7) is 6.88. The van der Waals surface area contributed by atoms with Crippen LogP contribution in [-0.2, 0) is 6.54 Å². The highest BCUT2D eigenvalue weighted by Crippen LogP contribution is 2.29. The van der Waals surface area contributed by atoms with Crippen LogP contribution in [0.1, 0.15) is 47.7 Å². The average molecular weight is 390 g/mol. The molecule has 6 heteroatoms. The van der Waals surface area contributed by atoms with Gasteiger partial charge in [-0.3, -0.25) is 4.90 Å². The van der Waals surface area contributed by atoms with Crippen molar-refractivity contribution < 1.29 is 9.90 Å². The minimum absolute atomic E-state index is 0. The Morgan fingerprint density at radius 2 is 2.00 bits per heavy atom. The van der Waals surface area contributed by atoms with E-state index in [9.17, 15) is 9.90 Å². The molecule has 1 aliphatic heterocycles. The predicted octanol–water partition coefficient (Wildman–Crippen LogP) is 4.04. The summed E-state index contributed by atoms with van der Waals surface area (Å²) in [6.07, 6.45) is 2.74. The van der Waals surface area contributed by atoms with E-state index < -0.39 is 5.97 Å². The van der Waals surface area contributed by atoms with Gasteiger partial charge in [-0.1, -0.05) is 44.2 Å². The van der Waals surface area contributed by atoms with Gasteiger partial charge in [-0.15, -0.1) is 12.4 Å². The van der Waals surface area contributed by atoms with Gasteiger partial charge in [0.25, 0.3) is 0 Å². The number of rotatable bonds is 6. The van der Waals surface area contributed by atoms with E-state index in [-0.39, 0.29) is 24.4 Å². The molecule has 0 aliphatic carbocycles. The molecule has 0 saturated carbocycles. The van der Waals surface area contributed by atoms with E-state index in [4.69, 9.17) is 0 Å². The second-order valence-corrected chi connectivity index (χ2v) is 7.33. The van der Waals surface area contributed by atoms with Gasteiger partial charge in [0.05, 0.1) is 0 Å². The number of carbonyl (C=O) groups is 1. The minimum atomic E-state index is -0.900. The van der Waals surface area contributed by atoms with E-state index in [1.54, 1.807) is 6.20 Å². The maximum absolute atomic E-state index is 11.9. The largest absolute Gasteiger partial charge is 0.478 e. The number of hydrogen-bond donors (Lipinski definition) is 1. The molecule has 0 radical (unpaired) electrons. The van der Waals surface area contributed by atoms with Crippen LogP contribution in [0, 0.1) is 0 Å². The smallest absolute Gasteiger partial charge is 0.339 e. The molecule has 1 atom stereocenters. The topological polar surface area (TPSA) is 56.7 Å². The Morgan fingerprint density at radius 1 is 1.30 bits per heavy atom. The number of aromatic carboxylic acids is 1. The van der Waals surface area contributed by atoms with Crippen LogP contribution in [0.5, 0.6) is 0 Å². The zero-order valence-electron chi connectivity index (χ0n) is 16.1. The van der Waals surface area contributed by atoms with E-state index in [1.807, 2.05) is 33.0 Å². The van der Waals surface area contributed by atoms with E-state index in [1.165, 1.54) is 5.56 Å². The molecule has 1 saturated heterocycles. The van der Waals surface area contributed by atoms with Gasteiger partial charge in [0.15, 0.2) is 0 Å². The number of aromatic nitrogens is 1. The molecule has 3 rings (SSSR count). The van der Waals surface area contributed by atoms with Crippen molar-refractivity contribution in [3.05, 3.63) is 59.3 Å². The van der Waals surface area contributed by atoms with Crippen LogP contribution in [0.4, 0.5) is 5.82 Å². The summed E-state index contributed by atoms with van der Waals surface area (Å²) in [4.78, 5) is 20.8. The molecule has 2 aromatic rings. The first-order valence-electron chi connectivity index (χ1n) is 9.18. The summed E-state index contributed by atoms with van der Waals surface area (Å²) < 4.78 is 0. The van der Waals surface area contributed by atoms with Crippen molar-refractivity contribution in [3.63, 3.8) is 0 Å². The molecule has 146 valence electrons. The van der Waals surface area contributed by atoms with Crippen molar-refractivity contribution in [2.24, 2.45) is 0 Å². The molecule has 0 spiro atoms. The molecule has 5 nitrogen and oxygen atoms in total. The van der Waals surface area contributed by atoms with Gasteiger partial charge in [0, 0.05) is 38.9 Å². The number of anilines is 1. The van der Waals surface area contributed by atoms with Gasteiger partial charge in [-0.05, 0) is 29.5 Å². The number of benzene rings is 1. The lowest BCUT2D eigenvalue weighted by molar-refractivity contribution is 0.0695. The number of likely N-dealkylation sites (N-methyl/N-ethyl adjacent to an activating group) is 1. The Labute approximate surface area is 167 Å². The van der Waals surface area contributed by atoms with Crippen molar-refractivity contribution in [1.29, 1.82) is 0 Å². The fourth-order valence-corrected chi connectivity index (χ4v) is 3.72.